The van der Waals surface area contributed by atoms with Crippen LogP contribution in [-0.2, 0) is 9.53 Å². The van der Waals surface area contributed by atoms with Gasteiger partial charge in [0.15, 0.2) is 5.96 Å². The summed E-state index contributed by atoms with van der Waals surface area (Å²) in [5.41, 5.74) is -0.0430. The number of carbonyl (C=O) groups excluding carboxylic acids is 1. The minimum atomic E-state index is -0.462. The van der Waals surface area contributed by atoms with Crippen LogP contribution in [0.1, 0.15) is 60.3 Å². The van der Waals surface area contributed by atoms with E-state index >= 15 is 0 Å². The molecule has 0 unspecified atom stereocenters. The van der Waals surface area contributed by atoms with Crippen LogP contribution < -0.4 is 10.6 Å². The number of esters is 1. The van der Waals surface area contributed by atoms with Gasteiger partial charge in [0, 0.05) is 13.1 Å². The molecule has 0 amide bonds. The van der Waals surface area contributed by atoms with E-state index in [9.17, 15) is 4.79 Å². The van der Waals surface area contributed by atoms with E-state index < -0.39 is 5.60 Å². The average Bonchev–Trinajstić information content (AvgIpc) is 2.32. The second-order valence-electron chi connectivity index (χ2n) is 6.84. The third-order valence-corrected chi connectivity index (χ3v) is 3.93. The van der Waals surface area contributed by atoms with E-state index in [1.165, 1.54) is 25.7 Å². The number of ether oxygens (including phenoxy) is 1. The molecule has 0 aromatic rings. The van der Waals surface area contributed by atoms with E-state index in [0.29, 0.717) is 11.4 Å². The predicted molar refractivity (Wildman–Crippen MR) is 102 cm³/mol. The van der Waals surface area contributed by atoms with Crippen molar-refractivity contribution in [3.8, 4) is 0 Å². The standard InChI is InChI=1S/C16H31N3O2.HI/c1-6-16(9-8-10-16)12-19-14(17-7-2)18-11-13(20)21-15(3,4)5;/h6-12H2,1-5H3,(H2,17,18,19);1H. The van der Waals surface area contributed by atoms with Crippen molar-refractivity contribution >= 4 is 35.9 Å². The summed E-state index contributed by atoms with van der Waals surface area (Å²) >= 11 is 0. The molecule has 1 aliphatic rings. The van der Waals surface area contributed by atoms with Crippen molar-refractivity contribution in [2.75, 3.05) is 19.6 Å². The highest BCUT2D eigenvalue weighted by molar-refractivity contribution is 14.0. The number of hydrogen-bond donors (Lipinski definition) is 2. The Labute approximate surface area is 152 Å². The lowest BCUT2D eigenvalue weighted by Gasteiger charge is -2.41. The summed E-state index contributed by atoms with van der Waals surface area (Å²) in [6, 6.07) is 0. The summed E-state index contributed by atoms with van der Waals surface area (Å²) in [5.74, 6) is 0.400. The zero-order valence-corrected chi connectivity index (χ0v) is 17.0. The van der Waals surface area contributed by atoms with Crippen LogP contribution in [0, 0.1) is 5.41 Å². The molecule has 2 N–H and O–H groups in total. The van der Waals surface area contributed by atoms with Gasteiger partial charge in [-0.3, -0.25) is 4.79 Å². The van der Waals surface area contributed by atoms with Gasteiger partial charge < -0.3 is 15.4 Å². The summed E-state index contributed by atoms with van der Waals surface area (Å²) in [6.07, 6.45) is 5.07. The molecule has 0 bridgehead atoms. The molecule has 130 valence electrons. The van der Waals surface area contributed by atoms with Crippen LogP contribution >= 0.6 is 24.0 Å². The first-order valence-electron chi connectivity index (χ1n) is 8.04. The van der Waals surface area contributed by atoms with Gasteiger partial charge in [0.05, 0.1) is 0 Å². The van der Waals surface area contributed by atoms with Gasteiger partial charge in [-0.2, -0.15) is 0 Å². The molecule has 22 heavy (non-hydrogen) atoms. The molecule has 1 fully saturated rings. The van der Waals surface area contributed by atoms with Crippen LogP contribution in [0.2, 0.25) is 0 Å². The van der Waals surface area contributed by atoms with Gasteiger partial charge in [0.1, 0.15) is 12.1 Å². The highest BCUT2D eigenvalue weighted by Gasteiger charge is 2.34. The smallest absolute Gasteiger partial charge is 0.328 e. The third-order valence-electron chi connectivity index (χ3n) is 3.93. The topological polar surface area (TPSA) is 62.7 Å². The summed E-state index contributed by atoms with van der Waals surface area (Å²) in [5, 5.41) is 6.54. The van der Waals surface area contributed by atoms with E-state index in [2.05, 4.69) is 22.5 Å². The minimum absolute atomic E-state index is 0. The number of halogens is 1. The molecule has 6 heteroatoms. The van der Waals surface area contributed by atoms with E-state index in [-0.39, 0.29) is 36.5 Å². The van der Waals surface area contributed by atoms with Crippen molar-refractivity contribution in [3.05, 3.63) is 0 Å². The molecule has 0 spiro atoms. The molecule has 0 radical (unpaired) electrons. The Kier molecular flexibility index (Phi) is 9.34. The van der Waals surface area contributed by atoms with E-state index in [0.717, 1.165) is 13.1 Å². The zero-order valence-electron chi connectivity index (χ0n) is 14.6. The molecular weight excluding hydrogens is 393 g/mol. The Bertz CT molecular complexity index is 369. The summed E-state index contributed by atoms with van der Waals surface area (Å²) < 4.78 is 5.26. The third kappa shape index (κ3) is 7.65. The largest absolute Gasteiger partial charge is 0.459 e. The van der Waals surface area contributed by atoms with Gasteiger partial charge in [-0.05, 0) is 52.4 Å². The average molecular weight is 425 g/mol. The predicted octanol–water partition coefficient (Wildman–Crippen LogP) is 3.08. The van der Waals surface area contributed by atoms with Gasteiger partial charge >= 0.3 is 5.97 Å². The van der Waals surface area contributed by atoms with Crippen LogP contribution in [0.4, 0.5) is 0 Å². The lowest BCUT2D eigenvalue weighted by atomic mass is 9.67. The highest BCUT2D eigenvalue weighted by Crippen LogP contribution is 2.42. The van der Waals surface area contributed by atoms with Gasteiger partial charge in [-0.1, -0.05) is 13.3 Å². The Morgan fingerprint density at radius 2 is 1.86 bits per heavy atom. The normalized spacial score (nSPS) is 17.0. The molecule has 1 saturated carbocycles. The van der Waals surface area contributed by atoms with Crippen LogP contribution in [0.15, 0.2) is 4.99 Å². The van der Waals surface area contributed by atoms with Crippen molar-refractivity contribution in [1.29, 1.82) is 0 Å². The summed E-state index contributed by atoms with van der Waals surface area (Å²) in [4.78, 5) is 16.0. The highest BCUT2D eigenvalue weighted by atomic mass is 127. The number of aliphatic imine (C=N–C) groups is 1. The van der Waals surface area contributed by atoms with Crippen LogP contribution in [-0.4, -0.2) is 37.2 Å². The molecule has 0 aliphatic heterocycles. The van der Waals surface area contributed by atoms with E-state index in [4.69, 9.17) is 4.74 Å². The monoisotopic (exact) mass is 425 g/mol. The molecular formula is C16H32IN3O2. The van der Waals surface area contributed by atoms with Gasteiger partial charge in [0.2, 0.25) is 0 Å². The number of carbonyl (C=O) groups is 1. The van der Waals surface area contributed by atoms with Crippen molar-refractivity contribution < 1.29 is 9.53 Å². The molecule has 1 rings (SSSR count). The fourth-order valence-corrected chi connectivity index (χ4v) is 2.46. The number of hydrogen-bond acceptors (Lipinski definition) is 3. The molecule has 0 aromatic carbocycles. The maximum atomic E-state index is 11.7. The SMILES string of the molecule is CCNC(=NCC(=O)OC(C)(C)C)NCC1(CC)CCC1.I. The molecule has 0 atom stereocenters. The van der Waals surface area contributed by atoms with Gasteiger partial charge in [-0.15, -0.1) is 24.0 Å². The number of guanidine groups is 1. The van der Waals surface area contributed by atoms with Crippen molar-refractivity contribution in [1.82, 2.24) is 10.6 Å². The number of nitrogens with one attached hydrogen (secondary N) is 2. The van der Waals surface area contributed by atoms with Crippen molar-refractivity contribution in [3.63, 3.8) is 0 Å². The number of nitrogens with zero attached hydrogens (tertiary/aromatic N) is 1. The maximum absolute atomic E-state index is 11.7. The Hall–Kier alpha value is -0.530. The van der Waals surface area contributed by atoms with Gasteiger partial charge in [0.25, 0.3) is 0 Å². The van der Waals surface area contributed by atoms with E-state index in [1.807, 2.05) is 27.7 Å². The lowest BCUT2D eigenvalue weighted by Crippen LogP contribution is -2.46. The Morgan fingerprint density at radius 3 is 2.27 bits per heavy atom. The van der Waals surface area contributed by atoms with Crippen LogP contribution in [0.3, 0.4) is 0 Å². The Morgan fingerprint density at radius 1 is 1.23 bits per heavy atom. The first-order chi connectivity index (χ1) is 9.80. The number of rotatable bonds is 6. The maximum Gasteiger partial charge on any atom is 0.328 e. The van der Waals surface area contributed by atoms with E-state index in [1.54, 1.807) is 0 Å². The molecule has 0 heterocycles. The molecule has 1 aliphatic carbocycles. The van der Waals surface area contributed by atoms with Crippen LogP contribution in [0.25, 0.3) is 0 Å². The van der Waals surface area contributed by atoms with Crippen molar-refractivity contribution in [2.24, 2.45) is 10.4 Å². The fraction of sp³-hybridized carbons (Fsp3) is 0.875. The first-order valence-corrected chi connectivity index (χ1v) is 8.04. The quantitative estimate of drug-likeness (QED) is 0.297. The lowest BCUT2D eigenvalue weighted by molar-refractivity contribution is -0.152. The summed E-state index contributed by atoms with van der Waals surface area (Å²) in [6.45, 7) is 11.6. The Balaban J connectivity index is 0.00000441. The molecule has 0 saturated heterocycles. The second-order valence-corrected chi connectivity index (χ2v) is 6.84. The summed E-state index contributed by atoms with van der Waals surface area (Å²) in [7, 11) is 0. The first kappa shape index (κ1) is 21.5. The second kappa shape index (κ2) is 9.57. The molecule has 0 aromatic heterocycles. The minimum Gasteiger partial charge on any atom is -0.459 e. The zero-order chi connectivity index (χ0) is 15.9. The van der Waals surface area contributed by atoms with Gasteiger partial charge in [-0.25, -0.2) is 4.99 Å². The van der Waals surface area contributed by atoms with Crippen LogP contribution in [0.5, 0.6) is 0 Å². The van der Waals surface area contributed by atoms with Crippen molar-refractivity contribution in [2.45, 2.75) is 65.9 Å². The molecule has 5 nitrogen and oxygen atoms in total. The fourth-order valence-electron chi connectivity index (χ4n) is 2.46.